The lowest BCUT2D eigenvalue weighted by molar-refractivity contribution is -0.123. The van der Waals surface area contributed by atoms with Crippen LogP contribution in [-0.2, 0) is 22.4 Å². The fourth-order valence-electron chi connectivity index (χ4n) is 8.82. The lowest BCUT2D eigenvalue weighted by Gasteiger charge is -2.35. The summed E-state index contributed by atoms with van der Waals surface area (Å²) in [6, 6.07) is 21.6. The first-order valence-electron chi connectivity index (χ1n) is 20.2. The van der Waals surface area contributed by atoms with Gasteiger partial charge in [0.2, 0.25) is 0 Å². The van der Waals surface area contributed by atoms with Gasteiger partial charge < -0.3 is 9.47 Å². The average Bonchev–Trinajstić information content (AvgIpc) is 3.44. The molecule has 0 spiro atoms. The van der Waals surface area contributed by atoms with E-state index in [1.807, 2.05) is 30.3 Å². The summed E-state index contributed by atoms with van der Waals surface area (Å²) in [4.78, 5) is 21.3. The number of fused-ring (bicyclic) bond motifs is 1. The first-order valence-corrected chi connectivity index (χ1v) is 20.2. The van der Waals surface area contributed by atoms with Crippen LogP contribution in [0.25, 0.3) is 22.2 Å². The molecule has 4 atom stereocenters. The van der Waals surface area contributed by atoms with Gasteiger partial charge in [-0.1, -0.05) is 46.6 Å². The number of ketones is 1. The van der Waals surface area contributed by atoms with Gasteiger partial charge in [-0.15, -0.1) is 0 Å². The van der Waals surface area contributed by atoms with Crippen molar-refractivity contribution in [2.75, 3.05) is 26.3 Å². The average molecular weight is 703 g/mol. The van der Waals surface area contributed by atoms with E-state index < -0.39 is 0 Å². The molecule has 0 amide bonds. The largest absolute Gasteiger partial charge is 0.457 e. The minimum Gasteiger partial charge on any atom is -0.457 e. The normalized spacial score (nSPS) is 23.8. The summed E-state index contributed by atoms with van der Waals surface area (Å²) in [5.41, 5.74) is 6.00. The summed E-state index contributed by atoms with van der Waals surface area (Å²) in [6.07, 6.45) is 11.6. The van der Waals surface area contributed by atoms with Crippen LogP contribution in [0.4, 0.5) is 0 Å². The molecule has 0 N–H and O–H groups in total. The summed E-state index contributed by atoms with van der Waals surface area (Å²) in [5, 5.41) is 9.98. The number of likely N-dealkylation sites (tertiary alicyclic amines) is 1. The molecule has 3 fully saturated rings. The predicted octanol–water partition coefficient (Wildman–Crippen LogP) is 10.0. The molecule has 2 aliphatic heterocycles. The molecule has 52 heavy (non-hydrogen) atoms. The van der Waals surface area contributed by atoms with Gasteiger partial charge in [-0.25, -0.2) is 0 Å². The molecule has 276 valence electrons. The SMILES string of the molecule is CC1CCCC(Cc2cc3ccc(CCC4CCCN(C5CCOCC5)CC4C)nc3cc2Oc2ccc(-c3ccc(C(C)C)nn3)cc2)C(=O)C1. The molecule has 2 aromatic heterocycles. The molecule has 7 heteroatoms. The highest BCUT2D eigenvalue weighted by Crippen LogP contribution is 2.36. The number of aryl methyl sites for hydroxylation is 1. The number of hydrogen-bond acceptors (Lipinski definition) is 7. The van der Waals surface area contributed by atoms with Crippen LogP contribution in [0.5, 0.6) is 11.5 Å². The van der Waals surface area contributed by atoms with Gasteiger partial charge in [-0.2, -0.15) is 10.2 Å². The van der Waals surface area contributed by atoms with Crippen molar-refractivity contribution in [2.24, 2.45) is 23.7 Å². The Morgan fingerprint density at radius 3 is 2.50 bits per heavy atom. The lowest BCUT2D eigenvalue weighted by Crippen LogP contribution is -2.41. The molecule has 7 rings (SSSR count). The van der Waals surface area contributed by atoms with E-state index in [2.05, 4.69) is 73.1 Å². The molecular weight excluding hydrogens is 645 g/mol. The zero-order valence-electron chi connectivity index (χ0n) is 31.9. The molecule has 3 aliphatic rings. The molecular formula is C45H58N4O3. The second-order valence-electron chi connectivity index (χ2n) is 16.4. The number of carbonyl (C=O) groups excluding carboxylic acids is 1. The highest BCUT2D eigenvalue weighted by molar-refractivity contribution is 5.84. The fraction of sp³-hybridized carbons (Fsp3) is 0.556. The smallest absolute Gasteiger partial charge is 0.136 e. The first kappa shape index (κ1) is 36.7. The van der Waals surface area contributed by atoms with Crippen molar-refractivity contribution in [3.8, 4) is 22.8 Å². The van der Waals surface area contributed by atoms with Gasteiger partial charge in [0.15, 0.2) is 0 Å². The van der Waals surface area contributed by atoms with Gasteiger partial charge in [0.1, 0.15) is 17.3 Å². The number of nitrogens with zero attached hydrogens (tertiary/aromatic N) is 4. The standard InChI is InChI=1S/C45H58N4O3/c1-30(2)41-18-19-42(48-47-41)34-12-16-40(17-13-34)52-45-28-43-35(26-37(45)27-36-8-5-7-31(3)25-44(36)50)11-15-38(46-43)14-10-33-9-6-22-49(29-32(33)4)39-20-23-51-24-21-39/h11-13,15-19,26,28,30-33,36,39H,5-10,14,20-25,27,29H2,1-4H3. The van der Waals surface area contributed by atoms with Crippen LogP contribution < -0.4 is 4.74 Å². The Kier molecular flexibility index (Phi) is 12.0. The van der Waals surface area contributed by atoms with Gasteiger partial charge in [0.25, 0.3) is 0 Å². The quantitative estimate of drug-likeness (QED) is 0.152. The zero-order chi connectivity index (χ0) is 36.0. The van der Waals surface area contributed by atoms with E-state index in [9.17, 15) is 4.79 Å². The summed E-state index contributed by atoms with van der Waals surface area (Å²) >= 11 is 0. The van der Waals surface area contributed by atoms with Crippen molar-refractivity contribution in [3.05, 3.63) is 77.6 Å². The maximum Gasteiger partial charge on any atom is 0.136 e. The van der Waals surface area contributed by atoms with Crippen molar-refractivity contribution in [3.63, 3.8) is 0 Å². The Hall–Kier alpha value is -3.68. The van der Waals surface area contributed by atoms with Gasteiger partial charge in [-0.3, -0.25) is 14.7 Å². The second-order valence-corrected chi connectivity index (χ2v) is 16.4. The Morgan fingerprint density at radius 2 is 1.73 bits per heavy atom. The van der Waals surface area contributed by atoms with Gasteiger partial charge in [0.05, 0.1) is 16.9 Å². The molecule has 1 saturated carbocycles. The van der Waals surface area contributed by atoms with Crippen molar-refractivity contribution in [2.45, 2.75) is 110 Å². The fourth-order valence-corrected chi connectivity index (χ4v) is 8.82. The summed E-state index contributed by atoms with van der Waals surface area (Å²) in [6.45, 7) is 13.2. The van der Waals surface area contributed by atoms with Gasteiger partial charge in [0, 0.05) is 60.8 Å². The number of hydrogen-bond donors (Lipinski definition) is 0. The summed E-state index contributed by atoms with van der Waals surface area (Å²) < 4.78 is 12.3. The second kappa shape index (κ2) is 17.0. The van der Waals surface area contributed by atoms with E-state index in [1.165, 1.54) is 45.2 Å². The Bertz CT molecular complexity index is 1780. The van der Waals surface area contributed by atoms with E-state index in [1.54, 1.807) is 0 Å². The van der Waals surface area contributed by atoms with E-state index >= 15 is 0 Å². The highest BCUT2D eigenvalue weighted by atomic mass is 16.5. The third-order valence-electron chi connectivity index (χ3n) is 12.1. The number of rotatable bonds is 10. The summed E-state index contributed by atoms with van der Waals surface area (Å²) in [5.74, 6) is 4.16. The molecule has 2 saturated heterocycles. The van der Waals surface area contributed by atoms with Crippen LogP contribution in [0.15, 0.2) is 60.7 Å². The minimum atomic E-state index is 0.0238. The van der Waals surface area contributed by atoms with Crippen LogP contribution in [0, 0.1) is 23.7 Å². The molecule has 1 aliphatic carbocycles. The maximum atomic E-state index is 13.3. The third kappa shape index (κ3) is 9.09. The monoisotopic (exact) mass is 702 g/mol. The molecule has 0 radical (unpaired) electrons. The number of Topliss-reactive ketones (excluding diaryl/α,β-unsaturated/α-hetero) is 1. The number of carbonyl (C=O) groups is 1. The zero-order valence-corrected chi connectivity index (χ0v) is 31.9. The van der Waals surface area contributed by atoms with Crippen LogP contribution in [0.3, 0.4) is 0 Å². The number of benzene rings is 2. The van der Waals surface area contributed by atoms with E-state index in [0.717, 1.165) is 89.5 Å². The molecule has 4 aromatic rings. The number of aromatic nitrogens is 3. The third-order valence-corrected chi connectivity index (χ3v) is 12.1. The number of pyridine rings is 1. The van der Waals surface area contributed by atoms with Gasteiger partial charge >= 0.3 is 0 Å². The van der Waals surface area contributed by atoms with Crippen molar-refractivity contribution in [1.82, 2.24) is 20.1 Å². The van der Waals surface area contributed by atoms with Crippen LogP contribution in [-0.4, -0.2) is 58.2 Å². The first-order chi connectivity index (χ1) is 25.3. The van der Waals surface area contributed by atoms with Crippen LogP contribution in [0.2, 0.25) is 0 Å². The molecule has 4 unspecified atom stereocenters. The minimum absolute atomic E-state index is 0.0238. The lowest BCUT2D eigenvalue weighted by atomic mass is 9.86. The van der Waals surface area contributed by atoms with E-state index in [-0.39, 0.29) is 5.92 Å². The van der Waals surface area contributed by atoms with E-state index in [0.29, 0.717) is 48.3 Å². The molecule has 7 nitrogen and oxygen atoms in total. The number of ether oxygens (including phenoxy) is 2. The Balaban J connectivity index is 1.09. The van der Waals surface area contributed by atoms with E-state index in [4.69, 9.17) is 14.5 Å². The van der Waals surface area contributed by atoms with Crippen molar-refractivity contribution in [1.29, 1.82) is 0 Å². The van der Waals surface area contributed by atoms with Crippen molar-refractivity contribution < 1.29 is 14.3 Å². The van der Waals surface area contributed by atoms with Crippen LogP contribution >= 0.6 is 0 Å². The Labute approximate surface area is 310 Å². The molecule has 4 heterocycles. The topological polar surface area (TPSA) is 77.4 Å². The predicted molar refractivity (Wildman–Crippen MR) is 209 cm³/mol. The highest BCUT2D eigenvalue weighted by Gasteiger charge is 2.29. The van der Waals surface area contributed by atoms with Crippen LogP contribution in [0.1, 0.15) is 108 Å². The van der Waals surface area contributed by atoms with Crippen molar-refractivity contribution >= 4 is 16.7 Å². The van der Waals surface area contributed by atoms with Gasteiger partial charge in [-0.05, 0) is 136 Å². The summed E-state index contributed by atoms with van der Waals surface area (Å²) in [7, 11) is 0. The molecule has 2 aromatic carbocycles. The molecule has 0 bridgehead atoms. The maximum absolute atomic E-state index is 13.3. The Morgan fingerprint density at radius 1 is 0.904 bits per heavy atom.